The first-order valence-electron chi connectivity index (χ1n) is 10.6. The molecule has 2 aromatic rings. The van der Waals surface area contributed by atoms with Crippen molar-refractivity contribution in [2.75, 3.05) is 33.7 Å². The monoisotopic (exact) mass is 555 g/mol. The van der Waals surface area contributed by atoms with Crippen LogP contribution in [0.4, 0.5) is 0 Å². The highest BCUT2D eigenvalue weighted by molar-refractivity contribution is 14.0. The summed E-state index contributed by atoms with van der Waals surface area (Å²) in [6.45, 7) is 6.12. The van der Waals surface area contributed by atoms with Crippen molar-refractivity contribution in [2.45, 2.75) is 32.4 Å². The van der Waals surface area contributed by atoms with Crippen LogP contribution in [0.15, 0.2) is 46.8 Å². The SMILES string of the molecule is CN=C(NCc1ccc(C(=O)NC)cc1)NCC(c1cccs1)N1CCC(C)CC1.I. The molecule has 1 aromatic carbocycles. The van der Waals surface area contributed by atoms with Gasteiger partial charge in [0.1, 0.15) is 0 Å². The summed E-state index contributed by atoms with van der Waals surface area (Å²) in [4.78, 5) is 20.1. The van der Waals surface area contributed by atoms with Crippen molar-refractivity contribution in [2.24, 2.45) is 10.9 Å². The van der Waals surface area contributed by atoms with Gasteiger partial charge in [0.2, 0.25) is 0 Å². The van der Waals surface area contributed by atoms with E-state index < -0.39 is 0 Å². The second-order valence-corrected chi connectivity index (χ2v) is 8.81. The first-order valence-corrected chi connectivity index (χ1v) is 11.5. The fraction of sp³-hybridized carbons (Fsp3) is 0.478. The summed E-state index contributed by atoms with van der Waals surface area (Å²) in [6, 6.07) is 12.4. The smallest absolute Gasteiger partial charge is 0.251 e. The zero-order valence-corrected chi connectivity index (χ0v) is 21.7. The molecule has 3 rings (SSSR count). The molecular weight excluding hydrogens is 521 g/mol. The number of benzene rings is 1. The van der Waals surface area contributed by atoms with Crippen molar-refractivity contribution in [3.63, 3.8) is 0 Å². The lowest BCUT2D eigenvalue weighted by Crippen LogP contribution is -2.44. The van der Waals surface area contributed by atoms with Gasteiger partial charge in [-0.3, -0.25) is 14.7 Å². The molecule has 0 spiro atoms. The van der Waals surface area contributed by atoms with Crippen molar-refractivity contribution < 1.29 is 4.79 Å². The number of amides is 1. The lowest BCUT2D eigenvalue weighted by atomic mass is 9.97. The van der Waals surface area contributed by atoms with Gasteiger partial charge >= 0.3 is 0 Å². The van der Waals surface area contributed by atoms with Crippen molar-refractivity contribution >= 4 is 47.2 Å². The standard InChI is InChI=1S/C23H33N5OS.HI/c1-17-10-12-28(13-11-17)20(21-5-4-14-30-21)16-27-23(25-3)26-15-18-6-8-19(9-7-18)22(29)24-2;/h4-9,14,17,20H,10-13,15-16H2,1-3H3,(H,24,29)(H2,25,26,27);1H. The molecule has 0 radical (unpaired) electrons. The van der Waals surface area contributed by atoms with Gasteiger partial charge in [-0.15, -0.1) is 35.3 Å². The van der Waals surface area contributed by atoms with Gasteiger partial charge in [-0.05, 0) is 61.0 Å². The molecule has 6 nitrogen and oxygen atoms in total. The van der Waals surface area contributed by atoms with E-state index in [9.17, 15) is 4.79 Å². The molecule has 1 fully saturated rings. The molecule has 0 bridgehead atoms. The van der Waals surface area contributed by atoms with Crippen LogP contribution < -0.4 is 16.0 Å². The summed E-state index contributed by atoms with van der Waals surface area (Å²) in [5.74, 6) is 1.54. The molecule has 1 aromatic heterocycles. The Kier molecular flexibility index (Phi) is 10.8. The molecule has 1 aliphatic heterocycles. The van der Waals surface area contributed by atoms with Gasteiger partial charge in [0.05, 0.1) is 6.04 Å². The van der Waals surface area contributed by atoms with E-state index in [1.54, 1.807) is 14.1 Å². The Morgan fingerprint density at radius 3 is 2.48 bits per heavy atom. The molecule has 1 saturated heterocycles. The Balaban J connectivity index is 0.00000341. The Hall–Kier alpha value is -1.65. The van der Waals surface area contributed by atoms with Gasteiger partial charge < -0.3 is 16.0 Å². The zero-order valence-electron chi connectivity index (χ0n) is 18.6. The number of hydrogen-bond donors (Lipinski definition) is 3. The Morgan fingerprint density at radius 2 is 1.90 bits per heavy atom. The summed E-state index contributed by atoms with van der Waals surface area (Å²) in [5, 5.41) is 11.7. The number of thiophene rings is 1. The number of hydrogen-bond acceptors (Lipinski definition) is 4. The topological polar surface area (TPSA) is 68.8 Å². The van der Waals surface area contributed by atoms with E-state index in [-0.39, 0.29) is 29.9 Å². The van der Waals surface area contributed by atoms with Gasteiger partial charge in [-0.2, -0.15) is 0 Å². The lowest BCUT2D eigenvalue weighted by molar-refractivity contribution is 0.0963. The minimum Gasteiger partial charge on any atom is -0.355 e. The molecule has 1 aliphatic rings. The van der Waals surface area contributed by atoms with Gasteiger partial charge in [0.15, 0.2) is 5.96 Å². The number of likely N-dealkylation sites (tertiary alicyclic amines) is 1. The van der Waals surface area contributed by atoms with Gasteiger partial charge in [-0.25, -0.2) is 0 Å². The minimum atomic E-state index is -0.0706. The largest absolute Gasteiger partial charge is 0.355 e. The normalized spacial score (nSPS) is 16.3. The molecule has 170 valence electrons. The number of carbonyl (C=O) groups excluding carboxylic acids is 1. The fourth-order valence-electron chi connectivity index (χ4n) is 3.75. The quantitative estimate of drug-likeness (QED) is 0.276. The summed E-state index contributed by atoms with van der Waals surface area (Å²) in [5.41, 5.74) is 1.77. The molecule has 3 N–H and O–H groups in total. The molecule has 1 amide bonds. The third-order valence-electron chi connectivity index (χ3n) is 5.72. The highest BCUT2D eigenvalue weighted by Gasteiger charge is 2.25. The van der Waals surface area contributed by atoms with E-state index in [4.69, 9.17) is 0 Å². The molecule has 2 heterocycles. The van der Waals surface area contributed by atoms with Gasteiger partial charge in [0.25, 0.3) is 5.91 Å². The summed E-state index contributed by atoms with van der Waals surface area (Å²) in [7, 11) is 3.44. The van der Waals surface area contributed by atoms with Crippen molar-refractivity contribution in [3.05, 3.63) is 57.8 Å². The molecular formula is C23H34IN5OS. The predicted octanol–water partition coefficient (Wildman–Crippen LogP) is 3.86. The second kappa shape index (κ2) is 13.0. The molecule has 8 heteroatoms. The summed E-state index contributed by atoms with van der Waals surface area (Å²) >= 11 is 1.83. The van der Waals surface area contributed by atoms with E-state index >= 15 is 0 Å². The van der Waals surface area contributed by atoms with Crippen LogP contribution >= 0.6 is 35.3 Å². The Bertz CT molecular complexity index is 817. The van der Waals surface area contributed by atoms with Crippen molar-refractivity contribution in [1.29, 1.82) is 0 Å². The molecule has 0 saturated carbocycles. The van der Waals surface area contributed by atoms with Crippen LogP contribution in [-0.4, -0.2) is 50.5 Å². The van der Waals surface area contributed by atoms with Crippen LogP contribution in [0, 0.1) is 5.92 Å². The Labute approximate surface area is 206 Å². The van der Waals surface area contributed by atoms with E-state index in [1.807, 2.05) is 35.6 Å². The van der Waals surface area contributed by atoms with E-state index in [1.165, 1.54) is 17.7 Å². The van der Waals surface area contributed by atoms with Crippen molar-refractivity contribution in [3.8, 4) is 0 Å². The number of rotatable bonds is 7. The first kappa shape index (κ1) is 25.6. The number of piperidine rings is 1. The molecule has 1 unspecified atom stereocenters. The maximum absolute atomic E-state index is 11.7. The predicted molar refractivity (Wildman–Crippen MR) is 140 cm³/mol. The molecule has 31 heavy (non-hydrogen) atoms. The van der Waals surface area contributed by atoms with Gasteiger partial charge in [0, 0.05) is 37.6 Å². The van der Waals surface area contributed by atoms with Crippen LogP contribution in [0.3, 0.4) is 0 Å². The maximum atomic E-state index is 11.7. The van der Waals surface area contributed by atoms with Gasteiger partial charge in [-0.1, -0.05) is 25.1 Å². The van der Waals surface area contributed by atoms with Crippen LogP contribution in [0.2, 0.25) is 0 Å². The van der Waals surface area contributed by atoms with Crippen LogP contribution in [0.5, 0.6) is 0 Å². The lowest BCUT2D eigenvalue weighted by Gasteiger charge is -2.36. The van der Waals surface area contributed by atoms with E-state index in [2.05, 4.69) is 50.3 Å². The number of halogens is 1. The second-order valence-electron chi connectivity index (χ2n) is 7.83. The zero-order chi connectivity index (χ0) is 21.3. The number of guanidine groups is 1. The number of nitrogens with zero attached hydrogens (tertiary/aromatic N) is 2. The highest BCUT2D eigenvalue weighted by atomic mass is 127. The summed E-state index contributed by atoms with van der Waals surface area (Å²) in [6.07, 6.45) is 2.53. The number of carbonyl (C=O) groups is 1. The number of nitrogens with one attached hydrogen (secondary N) is 3. The van der Waals surface area contributed by atoms with Crippen LogP contribution in [0.1, 0.15) is 46.6 Å². The average molecular weight is 556 g/mol. The van der Waals surface area contributed by atoms with Crippen LogP contribution in [0.25, 0.3) is 0 Å². The Morgan fingerprint density at radius 1 is 1.19 bits per heavy atom. The van der Waals surface area contributed by atoms with Crippen molar-refractivity contribution in [1.82, 2.24) is 20.9 Å². The van der Waals surface area contributed by atoms with E-state index in [0.717, 1.165) is 37.1 Å². The van der Waals surface area contributed by atoms with Crippen LogP contribution in [-0.2, 0) is 6.54 Å². The number of aliphatic imine (C=N–C) groups is 1. The van der Waals surface area contributed by atoms with E-state index in [0.29, 0.717) is 18.2 Å². The maximum Gasteiger partial charge on any atom is 0.251 e. The molecule has 0 aliphatic carbocycles. The minimum absolute atomic E-state index is 0. The average Bonchev–Trinajstić information content (AvgIpc) is 3.31. The first-order chi connectivity index (χ1) is 14.6. The third-order valence-corrected chi connectivity index (χ3v) is 6.69. The fourth-order valence-corrected chi connectivity index (χ4v) is 4.61. The highest BCUT2D eigenvalue weighted by Crippen LogP contribution is 2.29. The summed E-state index contributed by atoms with van der Waals surface area (Å²) < 4.78 is 0. The third kappa shape index (κ3) is 7.47. The molecule has 1 atom stereocenters.